The van der Waals surface area contributed by atoms with Crippen LogP contribution in [-0.2, 0) is 3.79 Å². The lowest BCUT2D eigenvalue weighted by Gasteiger charge is -2.14. The van der Waals surface area contributed by atoms with Gasteiger partial charge in [-0.1, -0.05) is 34.8 Å². The minimum atomic E-state index is -1.75. The zero-order chi connectivity index (χ0) is 23.0. The Bertz CT molecular complexity index is 1250. The second-order valence-electron chi connectivity index (χ2n) is 6.57. The molecule has 2 heterocycles. The third-order valence-electron chi connectivity index (χ3n) is 4.85. The average Bonchev–Trinajstić information content (AvgIpc) is 3.45. The maximum atomic E-state index is 6.05. The van der Waals surface area contributed by atoms with Gasteiger partial charge < -0.3 is 28.3 Å². The van der Waals surface area contributed by atoms with Gasteiger partial charge in [0.1, 0.15) is 22.5 Å². The Morgan fingerprint density at radius 3 is 2.12 bits per heavy atom. The molecular formula is C21H18Cl3N3O5. The first kappa shape index (κ1) is 22.4. The summed E-state index contributed by atoms with van der Waals surface area (Å²) in [5.41, 5.74) is 2.90. The first-order chi connectivity index (χ1) is 15.3. The number of aromatic nitrogens is 3. The van der Waals surface area contributed by atoms with Crippen LogP contribution in [0.3, 0.4) is 0 Å². The highest BCUT2D eigenvalue weighted by atomic mass is 35.6. The highest BCUT2D eigenvalue weighted by molar-refractivity contribution is 6.66. The zero-order valence-electron chi connectivity index (χ0n) is 17.5. The van der Waals surface area contributed by atoms with E-state index in [1.807, 2.05) is 0 Å². The lowest BCUT2D eigenvalue weighted by atomic mass is 10.0. The summed E-state index contributed by atoms with van der Waals surface area (Å²) >= 11 is 18.1. The molecule has 0 fully saturated rings. The topological polar surface area (TPSA) is 91.6 Å². The van der Waals surface area contributed by atoms with Crippen molar-refractivity contribution in [1.82, 2.24) is 15.0 Å². The summed E-state index contributed by atoms with van der Waals surface area (Å²) in [5.74, 6) is 2.56. The first-order valence-electron chi connectivity index (χ1n) is 9.20. The van der Waals surface area contributed by atoms with Crippen molar-refractivity contribution in [3.05, 3.63) is 36.5 Å². The molecule has 0 saturated heterocycles. The fourth-order valence-corrected chi connectivity index (χ4v) is 3.68. The number of halogens is 3. The van der Waals surface area contributed by atoms with E-state index in [9.17, 15) is 0 Å². The molecule has 32 heavy (non-hydrogen) atoms. The van der Waals surface area contributed by atoms with E-state index in [-0.39, 0.29) is 5.82 Å². The summed E-state index contributed by atoms with van der Waals surface area (Å²) in [6.45, 7) is 0. The average molecular weight is 499 g/mol. The Morgan fingerprint density at radius 1 is 0.906 bits per heavy atom. The van der Waals surface area contributed by atoms with Crippen LogP contribution < -0.4 is 18.9 Å². The van der Waals surface area contributed by atoms with Gasteiger partial charge in [-0.25, -0.2) is 9.97 Å². The van der Waals surface area contributed by atoms with E-state index >= 15 is 0 Å². The largest absolute Gasteiger partial charge is 0.494 e. The van der Waals surface area contributed by atoms with Gasteiger partial charge in [-0.05, 0) is 24.3 Å². The Hall–Kier alpha value is -2.81. The van der Waals surface area contributed by atoms with Crippen molar-refractivity contribution < 1.29 is 23.4 Å². The number of rotatable bonds is 6. The van der Waals surface area contributed by atoms with Gasteiger partial charge in [0.15, 0.2) is 29.5 Å². The summed E-state index contributed by atoms with van der Waals surface area (Å²) in [4.78, 5) is 11.9. The van der Waals surface area contributed by atoms with Crippen LogP contribution in [0.2, 0.25) is 0 Å². The molecule has 0 bridgehead atoms. The lowest BCUT2D eigenvalue weighted by molar-refractivity contribution is 0.324. The number of fused-ring (bicyclic) bond motifs is 1. The monoisotopic (exact) mass is 497 g/mol. The van der Waals surface area contributed by atoms with Gasteiger partial charge in [-0.15, -0.1) is 0 Å². The maximum absolute atomic E-state index is 6.05. The number of hydrogen-bond donors (Lipinski definition) is 1. The number of nitrogens with zero attached hydrogens (tertiary/aromatic N) is 2. The van der Waals surface area contributed by atoms with Gasteiger partial charge in [0.05, 0.1) is 28.4 Å². The third kappa shape index (κ3) is 3.79. The van der Waals surface area contributed by atoms with E-state index in [1.165, 1.54) is 13.5 Å². The standard InChI is InChI=1S/C21H18Cl3N3O5/c1-28-12-6-5-11(16-17(12)27-20(26-16)21(22,23)24)18-15(25-9-32-18)10-7-13(29-2)19(31-4)14(8-10)30-3/h5-9H,1-4H3,(H,26,27). The van der Waals surface area contributed by atoms with E-state index in [0.717, 1.165) is 0 Å². The first-order valence-corrected chi connectivity index (χ1v) is 10.3. The second-order valence-corrected chi connectivity index (χ2v) is 8.85. The van der Waals surface area contributed by atoms with Gasteiger partial charge in [0.25, 0.3) is 0 Å². The van der Waals surface area contributed by atoms with Crippen LogP contribution in [0.25, 0.3) is 33.6 Å². The van der Waals surface area contributed by atoms with Crippen molar-refractivity contribution in [3.8, 4) is 45.6 Å². The van der Waals surface area contributed by atoms with Gasteiger partial charge >= 0.3 is 0 Å². The predicted molar refractivity (Wildman–Crippen MR) is 122 cm³/mol. The summed E-state index contributed by atoms with van der Waals surface area (Å²) in [6.07, 6.45) is 1.34. The molecule has 0 aliphatic rings. The molecule has 4 aromatic rings. The van der Waals surface area contributed by atoms with Crippen molar-refractivity contribution in [1.29, 1.82) is 0 Å². The maximum Gasteiger partial charge on any atom is 0.248 e. The van der Waals surface area contributed by atoms with Crippen LogP contribution in [0.4, 0.5) is 0 Å². The molecule has 2 aromatic carbocycles. The van der Waals surface area contributed by atoms with Crippen LogP contribution in [0.1, 0.15) is 5.82 Å². The van der Waals surface area contributed by atoms with Crippen molar-refractivity contribution in [2.45, 2.75) is 3.79 Å². The van der Waals surface area contributed by atoms with Gasteiger partial charge in [0, 0.05) is 11.1 Å². The van der Waals surface area contributed by atoms with E-state index in [1.54, 1.807) is 45.6 Å². The Balaban J connectivity index is 1.94. The number of H-pyrrole nitrogens is 1. The van der Waals surface area contributed by atoms with Gasteiger partial charge in [0.2, 0.25) is 9.54 Å². The molecule has 0 spiro atoms. The lowest BCUT2D eigenvalue weighted by Crippen LogP contribution is -2.02. The number of nitrogens with one attached hydrogen (secondary N) is 1. The molecule has 0 unspecified atom stereocenters. The highest BCUT2D eigenvalue weighted by Crippen LogP contribution is 2.45. The molecule has 0 amide bonds. The number of imidazole rings is 1. The molecule has 2 aromatic heterocycles. The summed E-state index contributed by atoms with van der Waals surface area (Å²) in [6, 6.07) is 7.12. The number of alkyl halides is 3. The van der Waals surface area contributed by atoms with Crippen molar-refractivity contribution in [3.63, 3.8) is 0 Å². The molecule has 0 aliphatic heterocycles. The molecule has 8 nitrogen and oxygen atoms in total. The molecule has 0 atom stereocenters. The minimum absolute atomic E-state index is 0.150. The predicted octanol–water partition coefficient (Wildman–Crippen LogP) is 5.75. The summed E-state index contributed by atoms with van der Waals surface area (Å²) in [5, 5.41) is 0. The van der Waals surface area contributed by atoms with E-state index in [4.69, 9.17) is 58.2 Å². The van der Waals surface area contributed by atoms with Crippen LogP contribution in [-0.4, -0.2) is 43.4 Å². The molecule has 0 radical (unpaired) electrons. The molecule has 0 aliphatic carbocycles. The quantitative estimate of drug-likeness (QED) is 0.339. The van der Waals surface area contributed by atoms with Crippen LogP contribution in [0.15, 0.2) is 35.1 Å². The van der Waals surface area contributed by atoms with Crippen LogP contribution in [0.5, 0.6) is 23.0 Å². The number of aromatic amines is 1. The number of benzene rings is 2. The fourth-order valence-electron chi connectivity index (χ4n) is 3.42. The summed E-state index contributed by atoms with van der Waals surface area (Å²) in [7, 11) is 6.16. The second kappa shape index (κ2) is 8.61. The molecule has 0 saturated carbocycles. The Kier molecular flexibility index (Phi) is 6.03. The molecule has 4 rings (SSSR count). The third-order valence-corrected chi connectivity index (χ3v) is 5.38. The zero-order valence-corrected chi connectivity index (χ0v) is 19.7. The normalized spacial score (nSPS) is 11.6. The number of methoxy groups -OCH3 is 4. The van der Waals surface area contributed by atoms with Gasteiger partial charge in [-0.2, -0.15) is 0 Å². The fraction of sp³-hybridized carbons (Fsp3) is 0.238. The SMILES string of the molecule is COc1cc(-c2ncoc2-c2ccc(OC)c3[nH]c(C(Cl)(Cl)Cl)nc23)cc(OC)c1OC. The number of oxazole rings is 1. The van der Waals surface area contributed by atoms with Crippen molar-refractivity contribution in [2.24, 2.45) is 0 Å². The molecule has 11 heteroatoms. The molecule has 168 valence electrons. The van der Waals surface area contributed by atoms with Gasteiger partial charge in [-0.3, -0.25) is 0 Å². The Labute approximate surface area is 198 Å². The molecule has 1 N–H and O–H groups in total. The van der Waals surface area contributed by atoms with Crippen molar-refractivity contribution in [2.75, 3.05) is 28.4 Å². The molecular weight excluding hydrogens is 481 g/mol. The number of ether oxygens (including phenoxy) is 4. The highest BCUT2D eigenvalue weighted by Gasteiger charge is 2.29. The van der Waals surface area contributed by atoms with Crippen molar-refractivity contribution >= 4 is 45.8 Å². The Morgan fingerprint density at radius 2 is 1.56 bits per heavy atom. The van der Waals surface area contributed by atoms with E-state index < -0.39 is 3.79 Å². The number of hydrogen-bond acceptors (Lipinski definition) is 7. The van der Waals surface area contributed by atoms with Crippen LogP contribution in [0, 0.1) is 0 Å². The summed E-state index contributed by atoms with van der Waals surface area (Å²) < 4.78 is 25.8. The van der Waals surface area contributed by atoms with E-state index in [2.05, 4.69) is 15.0 Å². The smallest absolute Gasteiger partial charge is 0.248 e. The van der Waals surface area contributed by atoms with E-state index in [0.29, 0.717) is 56.6 Å². The van der Waals surface area contributed by atoms with Crippen LogP contribution >= 0.6 is 34.8 Å². The minimum Gasteiger partial charge on any atom is -0.494 e.